The maximum absolute atomic E-state index is 12.4. The second-order valence-electron chi connectivity index (χ2n) is 5.40. The summed E-state index contributed by atoms with van der Waals surface area (Å²) in [7, 11) is 3.02. The Kier molecular flexibility index (Phi) is 4.74. The largest absolute Gasteiger partial charge is 0.497 e. The molecule has 0 aromatic heterocycles. The van der Waals surface area contributed by atoms with Gasteiger partial charge in [-0.1, -0.05) is 12.1 Å². The molecule has 0 aliphatic carbocycles. The molecular formula is C18H18N2O5. The molecule has 0 saturated heterocycles. The van der Waals surface area contributed by atoms with Crippen LogP contribution in [-0.4, -0.2) is 38.7 Å². The minimum Gasteiger partial charge on any atom is -0.497 e. The number of methoxy groups -OCH3 is 2. The van der Waals surface area contributed by atoms with Gasteiger partial charge in [0.25, 0.3) is 11.8 Å². The van der Waals surface area contributed by atoms with Crippen molar-refractivity contribution in [3.63, 3.8) is 0 Å². The van der Waals surface area contributed by atoms with Crippen LogP contribution in [0.1, 0.15) is 10.4 Å². The van der Waals surface area contributed by atoms with Crippen LogP contribution in [0.15, 0.2) is 42.5 Å². The first kappa shape index (κ1) is 16.6. The number of hydrogen-bond acceptors (Lipinski definition) is 5. The van der Waals surface area contributed by atoms with Gasteiger partial charge >= 0.3 is 0 Å². The molecule has 0 radical (unpaired) electrons. The zero-order chi connectivity index (χ0) is 17.8. The van der Waals surface area contributed by atoms with Gasteiger partial charge in [-0.05, 0) is 24.3 Å². The van der Waals surface area contributed by atoms with Gasteiger partial charge in [-0.2, -0.15) is 0 Å². The van der Waals surface area contributed by atoms with Crippen molar-refractivity contribution in [3.8, 4) is 17.2 Å². The first-order valence-electron chi connectivity index (χ1n) is 7.68. The molecule has 25 heavy (non-hydrogen) atoms. The van der Waals surface area contributed by atoms with Gasteiger partial charge in [0.1, 0.15) is 17.2 Å². The van der Waals surface area contributed by atoms with E-state index in [4.69, 9.17) is 14.2 Å². The van der Waals surface area contributed by atoms with Gasteiger partial charge in [0, 0.05) is 11.6 Å². The van der Waals surface area contributed by atoms with Crippen LogP contribution in [0.3, 0.4) is 0 Å². The van der Waals surface area contributed by atoms with Crippen molar-refractivity contribution in [1.29, 1.82) is 0 Å². The SMILES string of the molecule is COc1cc(OC)cc(C(=O)NCC2Oc3ccccc3NC2=O)c1. The summed E-state index contributed by atoms with van der Waals surface area (Å²) < 4.78 is 15.9. The van der Waals surface area contributed by atoms with Crippen LogP contribution in [0.2, 0.25) is 0 Å². The van der Waals surface area contributed by atoms with Gasteiger partial charge in [0.2, 0.25) is 0 Å². The van der Waals surface area contributed by atoms with Crippen LogP contribution >= 0.6 is 0 Å². The zero-order valence-corrected chi connectivity index (χ0v) is 13.9. The third kappa shape index (κ3) is 3.65. The van der Waals surface area contributed by atoms with E-state index < -0.39 is 6.10 Å². The van der Waals surface area contributed by atoms with Crippen molar-refractivity contribution in [2.24, 2.45) is 0 Å². The van der Waals surface area contributed by atoms with Crippen LogP contribution < -0.4 is 24.8 Å². The van der Waals surface area contributed by atoms with Crippen LogP contribution in [0.5, 0.6) is 17.2 Å². The molecule has 0 saturated carbocycles. The lowest BCUT2D eigenvalue weighted by atomic mass is 10.1. The molecule has 0 fully saturated rings. The molecule has 2 N–H and O–H groups in total. The topological polar surface area (TPSA) is 85.9 Å². The molecule has 1 aliphatic heterocycles. The van der Waals surface area contributed by atoms with E-state index in [-0.39, 0.29) is 18.4 Å². The third-order valence-electron chi connectivity index (χ3n) is 3.77. The van der Waals surface area contributed by atoms with E-state index in [0.717, 1.165) is 0 Å². The summed E-state index contributed by atoms with van der Waals surface area (Å²) in [6.45, 7) is 0.0402. The van der Waals surface area contributed by atoms with Crippen LogP contribution in [0.4, 0.5) is 5.69 Å². The van der Waals surface area contributed by atoms with E-state index in [1.807, 2.05) is 6.07 Å². The van der Waals surface area contributed by atoms with E-state index in [0.29, 0.717) is 28.5 Å². The van der Waals surface area contributed by atoms with Crippen LogP contribution in [0.25, 0.3) is 0 Å². The Hall–Kier alpha value is -3.22. The fraction of sp³-hybridized carbons (Fsp3) is 0.222. The Morgan fingerprint density at radius 1 is 1.16 bits per heavy atom. The number of carbonyl (C=O) groups is 2. The summed E-state index contributed by atoms with van der Waals surface area (Å²) in [5.74, 6) is 0.925. The first-order chi connectivity index (χ1) is 12.1. The summed E-state index contributed by atoms with van der Waals surface area (Å²) in [6, 6.07) is 12.0. The van der Waals surface area contributed by atoms with Gasteiger partial charge in [0.05, 0.1) is 26.5 Å². The van der Waals surface area contributed by atoms with Crippen molar-refractivity contribution < 1.29 is 23.8 Å². The summed E-state index contributed by atoms with van der Waals surface area (Å²) in [5, 5.41) is 5.45. The molecule has 7 nitrogen and oxygen atoms in total. The van der Waals surface area contributed by atoms with Crippen LogP contribution in [-0.2, 0) is 4.79 Å². The van der Waals surface area contributed by atoms with Crippen molar-refractivity contribution in [2.45, 2.75) is 6.10 Å². The van der Waals surface area contributed by atoms with E-state index in [2.05, 4.69) is 10.6 Å². The van der Waals surface area contributed by atoms with Crippen molar-refractivity contribution in [2.75, 3.05) is 26.1 Å². The molecular weight excluding hydrogens is 324 g/mol. The Morgan fingerprint density at radius 3 is 2.52 bits per heavy atom. The monoisotopic (exact) mass is 342 g/mol. The number of hydrogen-bond donors (Lipinski definition) is 2. The molecule has 1 aliphatic rings. The molecule has 7 heteroatoms. The Bertz CT molecular complexity index is 784. The number of rotatable bonds is 5. The number of amides is 2. The van der Waals surface area contributed by atoms with Crippen molar-refractivity contribution >= 4 is 17.5 Å². The Morgan fingerprint density at radius 2 is 1.84 bits per heavy atom. The second-order valence-corrected chi connectivity index (χ2v) is 5.40. The van der Waals surface area contributed by atoms with E-state index in [1.54, 1.807) is 36.4 Å². The normalized spacial score (nSPS) is 15.4. The Labute approximate surface area is 144 Å². The molecule has 0 bridgehead atoms. The first-order valence-corrected chi connectivity index (χ1v) is 7.68. The highest BCUT2D eigenvalue weighted by atomic mass is 16.5. The molecule has 130 valence electrons. The molecule has 2 aromatic carbocycles. The fourth-order valence-corrected chi connectivity index (χ4v) is 2.45. The number of ether oxygens (including phenoxy) is 3. The smallest absolute Gasteiger partial charge is 0.267 e. The fourth-order valence-electron chi connectivity index (χ4n) is 2.45. The lowest BCUT2D eigenvalue weighted by Crippen LogP contribution is -2.45. The molecule has 3 rings (SSSR count). The average Bonchev–Trinajstić information content (AvgIpc) is 2.65. The maximum Gasteiger partial charge on any atom is 0.267 e. The van der Waals surface area contributed by atoms with E-state index in [1.165, 1.54) is 14.2 Å². The highest BCUT2D eigenvalue weighted by Crippen LogP contribution is 2.28. The predicted octanol–water partition coefficient (Wildman–Crippen LogP) is 1.83. The van der Waals surface area contributed by atoms with E-state index in [9.17, 15) is 9.59 Å². The third-order valence-corrected chi connectivity index (χ3v) is 3.77. The number of carbonyl (C=O) groups excluding carboxylic acids is 2. The number of anilines is 1. The predicted molar refractivity (Wildman–Crippen MR) is 91.4 cm³/mol. The quantitative estimate of drug-likeness (QED) is 0.866. The van der Waals surface area contributed by atoms with Gasteiger partial charge in [-0.15, -0.1) is 0 Å². The maximum atomic E-state index is 12.4. The highest BCUT2D eigenvalue weighted by Gasteiger charge is 2.27. The van der Waals surface area contributed by atoms with E-state index >= 15 is 0 Å². The Balaban J connectivity index is 1.68. The lowest BCUT2D eigenvalue weighted by Gasteiger charge is -2.25. The molecule has 2 amide bonds. The lowest BCUT2D eigenvalue weighted by molar-refractivity contribution is -0.123. The number of nitrogens with one attached hydrogen (secondary N) is 2. The molecule has 1 atom stereocenters. The van der Waals surface area contributed by atoms with Gasteiger partial charge in [-0.3, -0.25) is 9.59 Å². The number of benzene rings is 2. The molecule has 1 unspecified atom stereocenters. The van der Waals surface area contributed by atoms with Gasteiger partial charge in [-0.25, -0.2) is 0 Å². The minimum absolute atomic E-state index is 0.0402. The molecule has 1 heterocycles. The number of fused-ring (bicyclic) bond motifs is 1. The second kappa shape index (κ2) is 7.12. The van der Waals surface area contributed by atoms with Gasteiger partial charge < -0.3 is 24.8 Å². The summed E-state index contributed by atoms with van der Waals surface area (Å²) >= 11 is 0. The van der Waals surface area contributed by atoms with Crippen LogP contribution in [0, 0.1) is 0 Å². The zero-order valence-electron chi connectivity index (χ0n) is 13.9. The van der Waals surface area contributed by atoms with Crippen molar-refractivity contribution in [3.05, 3.63) is 48.0 Å². The summed E-state index contributed by atoms with van der Waals surface area (Å²) in [6.07, 6.45) is -0.800. The number of para-hydroxylation sites is 2. The minimum atomic E-state index is -0.800. The molecule has 0 spiro atoms. The van der Waals surface area contributed by atoms with Crippen molar-refractivity contribution in [1.82, 2.24) is 5.32 Å². The average molecular weight is 342 g/mol. The van der Waals surface area contributed by atoms with Gasteiger partial charge in [0.15, 0.2) is 6.10 Å². The summed E-state index contributed by atoms with van der Waals surface area (Å²) in [5.41, 5.74) is 0.987. The molecule has 2 aromatic rings. The highest BCUT2D eigenvalue weighted by molar-refractivity contribution is 5.99. The standard InChI is InChI=1S/C18H18N2O5/c1-23-12-7-11(8-13(9-12)24-2)17(21)19-10-16-18(22)20-14-5-3-4-6-15(14)25-16/h3-9,16H,10H2,1-2H3,(H,19,21)(H,20,22). The summed E-state index contributed by atoms with van der Waals surface area (Å²) in [4.78, 5) is 24.4.